The first kappa shape index (κ1) is 11.7. The first-order valence-electron chi connectivity index (χ1n) is 4.70. The first-order chi connectivity index (χ1) is 7.15. The van der Waals surface area contributed by atoms with Crippen LogP contribution in [0, 0.1) is 0 Å². The molecule has 1 rings (SSSR count). The Morgan fingerprint density at radius 1 is 1.53 bits per heavy atom. The van der Waals surface area contributed by atoms with E-state index in [4.69, 9.17) is 0 Å². The Morgan fingerprint density at radius 2 is 2.20 bits per heavy atom. The van der Waals surface area contributed by atoms with E-state index in [0.29, 0.717) is 12.2 Å². The third kappa shape index (κ3) is 2.77. The lowest BCUT2D eigenvalue weighted by Crippen LogP contribution is -2.45. The molecule has 0 spiro atoms. The minimum absolute atomic E-state index is 0.228. The molecule has 0 amide bonds. The molecule has 0 unspecified atom stereocenters. The summed E-state index contributed by atoms with van der Waals surface area (Å²) in [6.45, 7) is 1.37. The molecule has 1 heterocycles. The highest BCUT2D eigenvalue weighted by Gasteiger charge is 2.26. The molecule has 15 heavy (non-hydrogen) atoms. The van der Waals surface area contributed by atoms with E-state index >= 15 is 0 Å². The number of anilines is 1. The van der Waals surface area contributed by atoms with Gasteiger partial charge in [0.05, 0.1) is 25.1 Å². The van der Waals surface area contributed by atoms with Gasteiger partial charge in [-0.05, 0) is 6.42 Å². The average molecular weight is 213 g/mol. The van der Waals surface area contributed by atoms with Crippen molar-refractivity contribution >= 4 is 5.82 Å². The highest BCUT2D eigenvalue weighted by Crippen LogP contribution is 2.14. The maximum atomic E-state index is 11.0. The van der Waals surface area contributed by atoms with E-state index in [1.807, 2.05) is 6.92 Å². The van der Waals surface area contributed by atoms with Crippen molar-refractivity contribution in [3.8, 4) is 0 Å². The van der Waals surface area contributed by atoms with Gasteiger partial charge in [-0.15, -0.1) is 0 Å². The number of aromatic nitrogens is 2. The van der Waals surface area contributed by atoms with E-state index in [-0.39, 0.29) is 18.8 Å². The molecular weight excluding hydrogens is 198 g/mol. The molecule has 0 bridgehead atoms. The highest BCUT2D eigenvalue weighted by atomic mass is 16.3. The molecule has 0 aliphatic carbocycles. The van der Waals surface area contributed by atoms with Gasteiger partial charge < -0.3 is 20.5 Å². The van der Waals surface area contributed by atoms with Crippen molar-refractivity contribution in [1.29, 1.82) is 0 Å². The van der Waals surface area contributed by atoms with Crippen LogP contribution in [0.4, 0.5) is 5.82 Å². The van der Waals surface area contributed by atoms with E-state index in [1.165, 1.54) is 12.4 Å². The van der Waals surface area contributed by atoms with Crippen molar-refractivity contribution in [1.82, 2.24) is 9.97 Å². The number of aliphatic hydroxyl groups excluding tert-OH is 2. The Hall–Kier alpha value is -1.40. The Bertz CT molecular complexity index is 351. The second kappa shape index (κ2) is 4.90. The Kier molecular flexibility index (Phi) is 3.81. The highest BCUT2D eigenvalue weighted by molar-refractivity contribution is 5.35. The molecule has 0 atom stereocenters. The maximum absolute atomic E-state index is 11.0. The van der Waals surface area contributed by atoms with Gasteiger partial charge in [-0.2, -0.15) is 0 Å². The summed E-state index contributed by atoms with van der Waals surface area (Å²) < 4.78 is 0. The van der Waals surface area contributed by atoms with Crippen LogP contribution in [0.25, 0.3) is 0 Å². The summed E-state index contributed by atoms with van der Waals surface area (Å²) in [5, 5.41) is 21.2. The van der Waals surface area contributed by atoms with Crippen LogP contribution in [0.3, 0.4) is 0 Å². The molecule has 0 aliphatic heterocycles. The number of aliphatic hydroxyl groups is 2. The number of H-pyrrole nitrogens is 1. The van der Waals surface area contributed by atoms with Crippen LogP contribution in [0.1, 0.15) is 13.3 Å². The molecule has 0 fully saturated rings. The van der Waals surface area contributed by atoms with E-state index in [9.17, 15) is 15.0 Å². The van der Waals surface area contributed by atoms with Crippen molar-refractivity contribution in [3.05, 3.63) is 22.7 Å². The molecule has 0 radical (unpaired) electrons. The zero-order valence-corrected chi connectivity index (χ0v) is 8.53. The quantitative estimate of drug-likeness (QED) is 0.519. The summed E-state index contributed by atoms with van der Waals surface area (Å²) >= 11 is 0. The van der Waals surface area contributed by atoms with E-state index < -0.39 is 5.54 Å². The molecule has 0 aromatic carbocycles. The predicted octanol–water partition coefficient (Wildman–Crippen LogP) is -0.685. The monoisotopic (exact) mass is 213 g/mol. The maximum Gasteiger partial charge on any atom is 0.252 e. The zero-order chi connectivity index (χ0) is 11.3. The van der Waals surface area contributed by atoms with Gasteiger partial charge in [0.25, 0.3) is 5.56 Å². The smallest absolute Gasteiger partial charge is 0.252 e. The van der Waals surface area contributed by atoms with Crippen molar-refractivity contribution in [3.63, 3.8) is 0 Å². The summed E-state index contributed by atoms with van der Waals surface area (Å²) in [6.07, 6.45) is 1.79. The number of nitrogens with one attached hydrogen (secondary N) is 2. The molecule has 6 heteroatoms. The third-order valence-corrected chi connectivity index (χ3v) is 2.35. The fraction of sp³-hybridized carbons (Fsp3) is 0.556. The molecule has 1 aromatic rings. The fourth-order valence-electron chi connectivity index (χ4n) is 1.15. The van der Waals surface area contributed by atoms with Crippen LogP contribution in [0.15, 0.2) is 17.2 Å². The van der Waals surface area contributed by atoms with Gasteiger partial charge in [0, 0.05) is 6.07 Å². The minimum atomic E-state index is -0.833. The van der Waals surface area contributed by atoms with Crippen molar-refractivity contribution in [2.75, 3.05) is 18.5 Å². The van der Waals surface area contributed by atoms with Crippen LogP contribution >= 0.6 is 0 Å². The largest absolute Gasteiger partial charge is 0.394 e. The van der Waals surface area contributed by atoms with Crippen molar-refractivity contribution in [2.24, 2.45) is 0 Å². The van der Waals surface area contributed by atoms with Crippen LogP contribution in [-0.2, 0) is 0 Å². The number of rotatable bonds is 5. The number of hydrogen-bond acceptors (Lipinski definition) is 5. The molecular formula is C9H15N3O3. The van der Waals surface area contributed by atoms with Crippen LogP contribution in [0.2, 0.25) is 0 Å². The van der Waals surface area contributed by atoms with Crippen LogP contribution in [-0.4, -0.2) is 38.9 Å². The summed E-state index contributed by atoms with van der Waals surface area (Å²) in [4.78, 5) is 17.2. The lowest BCUT2D eigenvalue weighted by Gasteiger charge is -2.29. The number of nitrogens with zero attached hydrogens (tertiary/aromatic N) is 1. The van der Waals surface area contributed by atoms with Gasteiger partial charge in [0.2, 0.25) is 0 Å². The Labute approximate surface area is 87.0 Å². The second-order valence-corrected chi connectivity index (χ2v) is 3.37. The fourth-order valence-corrected chi connectivity index (χ4v) is 1.15. The molecule has 84 valence electrons. The Balaban J connectivity index is 2.87. The molecule has 6 nitrogen and oxygen atoms in total. The van der Waals surface area contributed by atoms with Crippen LogP contribution in [0.5, 0.6) is 0 Å². The van der Waals surface area contributed by atoms with E-state index in [1.54, 1.807) is 0 Å². The lowest BCUT2D eigenvalue weighted by atomic mass is 9.98. The number of hydrogen-bond donors (Lipinski definition) is 4. The zero-order valence-electron chi connectivity index (χ0n) is 8.53. The minimum Gasteiger partial charge on any atom is -0.394 e. The van der Waals surface area contributed by atoms with E-state index in [0.717, 1.165) is 0 Å². The van der Waals surface area contributed by atoms with Crippen molar-refractivity contribution < 1.29 is 10.2 Å². The summed E-state index contributed by atoms with van der Waals surface area (Å²) in [5.74, 6) is 0.337. The lowest BCUT2D eigenvalue weighted by molar-refractivity contribution is 0.132. The van der Waals surface area contributed by atoms with Crippen LogP contribution < -0.4 is 10.9 Å². The SMILES string of the molecule is CCC(CO)(CO)Nc1cc(=O)[nH]cn1. The second-order valence-electron chi connectivity index (χ2n) is 3.37. The van der Waals surface area contributed by atoms with Gasteiger partial charge in [-0.1, -0.05) is 6.92 Å². The summed E-state index contributed by atoms with van der Waals surface area (Å²) in [6, 6.07) is 1.27. The van der Waals surface area contributed by atoms with Crippen molar-refractivity contribution in [2.45, 2.75) is 18.9 Å². The predicted molar refractivity (Wildman–Crippen MR) is 55.7 cm³/mol. The van der Waals surface area contributed by atoms with E-state index in [2.05, 4.69) is 15.3 Å². The molecule has 4 N–H and O–H groups in total. The molecule has 0 saturated carbocycles. The molecule has 1 aromatic heterocycles. The average Bonchev–Trinajstić information content (AvgIpc) is 2.26. The van der Waals surface area contributed by atoms with Gasteiger partial charge in [-0.25, -0.2) is 4.98 Å². The summed E-state index contributed by atoms with van der Waals surface area (Å²) in [7, 11) is 0. The number of aromatic amines is 1. The van der Waals surface area contributed by atoms with Gasteiger partial charge in [-0.3, -0.25) is 4.79 Å². The summed E-state index contributed by atoms with van der Waals surface area (Å²) in [5.41, 5.74) is -1.12. The standard InChI is InChI=1S/C9H15N3O3/c1-2-9(4-13,5-14)12-7-3-8(15)11-6-10-7/h3,6,13-14H,2,4-5H2,1H3,(H2,10,11,12,15). The third-order valence-electron chi connectivity index (χ3n) is 2.35. The van der Waals surface area contributed by atoms with Gasteiger partial charge in [0.1, 0.15) is 5.82 Å². The molecule has 0 saturated heterocycles. The Morgan fingerprint density at radius 3 is 2.67 bits per heavy atom. The molecule has 0 aliphatic rings. The van der Waals surface area contributed by atoms with Gasteiger partial charge in [0.15, 0.2) is 0 Å². The normalized spacial score (nSPS) is 11.4. The topological polar surface area (TPSA) is 98.2 Å². The first-order valence-corrected chi connectivity index (χ1v) is 4.70. The van der Waals surface area contributed by atoms with Gasteiger partial charge >= 0.3 is 0 Å².